The quantitative estimate of drug-likeness (QED) is 0.747. The number of amides is 1. The Labute approximate surface area is 157 Å². The molecule has 1 amide bonds. The molecule has 0 spiro atoms. The maximum absolute atomic E-state index is 12.7. The zero-order valence-corrected chi connectivity index (χ0v) is 15.1. The highest BCUT2D eigenvalue weighted by molar-refractivity contribution is 6.04. The maximum atomic E-state index is 12.7. The first-order valence-electron chi connectivity index (χ1n) is 9.07. The van der Waals surface area contributed by atoms with Crippen LogP contribution in [-0.2, 0) is 4.74 Å². The predicted octanol–water partition coefficient (Wildman–Crippen LogP) is 3.75. The highest BCUT2D eigenvalue weighted by atomic mass is 16.5. The Kier molecular flexibility index (Phi) is 4.98. The van der Waals surface area contributed by atoms with E-state index in [1.165, 1.54) is 6.20 Å². The Morgan fingerprint density at radius 3 is 2.93 bits per heavy atom. The van der Waals surface area contributed by atoms with Gasteiger partial charge in [-0.15, -0.1) is 0 Å². The zero-order valence-electron chi connectivity index (χ0n) is 15.1. The largest absolute Gasteiger partial charge is 0.489 e. The number of hydrogen-bond acceptors (Lipinski definition) is 5. The highest BCUT2D eigenvalue weighted by Gasteiger charge is 2.18. The van der Waals surface area contributed by atoms with E-state index in [0.717, 1.165) is 30.5 Å². The lowest BCUT2D eigenvalue weighted by Gasteiger charge is -2.16. The van der Waals surface area contributed by atoms with Crippen molar-refractivity contribution < 1.29 is 14.3 Å². The number of hydrogen-bond donors (Lipinski definition) is 1. The number of anilines is 1. The molecule has 1 aromatic heterocycles. The Morgan fingerprint density at radius 1 is 1.26 bits per heavy atom. The number of benzene rings is 2. The number of aromatic nitrogens is 2. The Hall–Kier alpha value is -2.99. The van der Waals surface area contributed by atoms with Crippen molar-refractivity contribution in [3.63, 3.8) is 0 Å². The van der Waals surface area contributed by atoms with Gasteiger partial charge in [0.2, 0.25) is 0 Å². The van der Waals surface area contributed by atoms with E-state index in [0.29, 0.717) is 23.6 Å². The molecule has 1 N–H and O–H groups in total. The van der Waals surface area contributed by atoms with Crippen LogP contribution in [0.4, 0.5) is 5.69 Å². The number of fused-ring (bicyclic) bond motifs is 1. The SMILES string of the molecule is Cc1ccc(NC(=O)c2cnc3ccccc3n2)c(OCC2CCCO2)c1. The molecule has 138 valence electrons. The summed E-state index contributed by atoms with van der Waals surface area (Å²) in [4.78, 5) is 21.4. The van der Waals surface area contributed by atoms with Crippen LogP contribution in [0.5, 0.6) is 5.75 Å². The van der Waals surface area contributed by atoms with E-state index in [4.69, 9.17) is 9.47 Å². The van der Waals surface area contributed by atoms with Crippen LogP contribution in [0.2, 0.25) is 0 Å². The van der Waals surface area contributed by atoms with Gasteiger partial charge in [-0.3, -0.25) is 9.78 Å². The first-order valence-corrected chi connectivity index (χ1v) is 9.07. The number of nitrogens with one attached hydrogen (secondary N) is 1. The minimum absolute atomic E-state index is 0.111. The summed E-state index contributed by atoms with van der Waals surface area (Å²) in [6, 6.07) is 13.1. The van der Waals surface area contributed by atoms with Gasteiger partial charge in [0.05, 0.1) is 29.0 Å². The molecule has 4 rings (SSSR count). The Morgan fingerprint density at radius 2 is 2.11 bits per heavy atom. The van der Waals surface area contributed by atoms with Crippen molar-refractivity contribution in [2.24, 2.45) is 0 Å². The van der Waals surface area contributed by atoms with E-state index in [9.17, 15) is 4.79 Å². The third kappa shape index (κ3) is 4.06. The molecule has 1 fully saturated rings. The van der Waals surface area contributed by atoms with Crippen molar-refractivity contribution >= 4 is 22.6 Å². The second-order valence-electron chi connectivity index (χ2n) is 6.64. The molecule has 0 bridgehead atoms. The Bertz CT molecular complexity index is 968. The second-order valence-corrected chi connectivity index (χ2v) is 6.64. The van der Waals surface area contributed by atoms with Gasteiger partial charge in [-0.05, 0) is 49.6 Å². The van der Waals surface area contributed by atoms with Gasteiger partial charge in [-0.25, -0.2) is 4.98 Å². The fourth-order valence-electron chi connectivity index (χ4n) is 3.06. The van der Waals surface area contributed by atoms with Crippen LogP contribution < -0.4 is 10.1 Å². The van der Waals surface area contributed by atoms with Gasteiger partial charge in [0.15, 0.2) is 0 Å². The predicted molar refractivity (Wildman–Crippen MR) is 103 cm³/mol. The van der Waals surface area contributed by atoms with Crippen LogP contribution in [0.25, 0.3) is 11.0 Å². The molecule has 1 unspecified atom stereocenters. The summed E-state index contributed by atoms with van der Waals surface area (Å²) in [5.74, 6) is 0.312. The Balaban J connectivity index is 1.52. The molecule has 2 heterocycles. The summed E-state index contributed by atoms with van der Waals surface area (Å²) in [6.45, 7) is 3.24. The molecule has 0 radical (unpaired) electrons. The van der Waals surface area contributed by atoms with Gasteiger partial charge in [0.25, 0.3) is 5.91 Å². The lowest BCUT2D eigenvalue weighted by Crippen LogP contribution is -2.18. The third-order valence-corrected chi connectivity index (χ3v) is 4.52. The van der Waals surface area contributed by atoms with Crippen molar-refractivity contribution in [1.82, 2.24) is 9.97 Å². The monoisotopic (exact) mass is 363 g/mol. The topological polar surface area (TPSA) is 73.3 Å². The number of rotatable bonds is 5. The molecule has 2 aromatic carbocycles. The molecule has 0 saturated carbocycles. The molecule has 6 nitrogen and oxygen atoms in total. The van der Waals surface area contributed by atoms with Crippen LogP contribution in [0.3, 0.4) is 0 Å². The smallest absolute Gasteiger partial charge is 0.275 e. The maximum Gasteiger partial charge on any atom is 0.275 e. The standard InChI is InChI=1S/C21H21N3O3/c1-14-8-9-18(20(11-14)27-13-15-5-4-10-26-15)24-21(25)19-12-22-16-6-2-3-7-17(16)23-19/h2-3,6-9,11-12,15H,4-5,10,13H2,1H3,(H,24,25). The van der Waals surface area contributed by atoms with Gasteiger partial charge in [-0.2, -0.15) is 0 Å². The fourth-order valence-corrected chi connectivity index (χ4v) is 3.06. The summed E-state index contributed by atoms with van der Waals surface area (Å²) in [6.07, 6.45) is 3.66. The molecule has 1 saturated heterocycles. The minimum Gasteiger partial charge on any atom is -0.489 e. The molecular weight excluding hydrogens is 342 g/mol. The molecule has 1 aliphatic rings. The van der Waals surface area contributed by atoms with Crippen LogP contribution in [0.1, 0.15) is 28.9 Å². The van der Waals surface area contributed by atoms with Crippen LogP contribution in [-0.4, -0.2) is 35.2 Å². The lowest BCUT2D eigenvalue weighted by atomic mass is 10.2. The van der Waals surface area contributed by atoms with E-state index in [1.807, 2.05) is 49.4 Å². The normalized spacial score (nSPS) is 16.4. The summed E-state index contributed by atoms with van der Waals surface area (Å²) in [5, 5.41) is 2.89. The van der Waals surface area contributed by atoms with Gasteiger partial charge in [0.1, 0.15) is 18.1 Å². The van der Waals surface area contributed by atoms with Gasteiger partial charge >= 0.3 is 0 Å². The van der Waals surface area contributed by atoms with E-state index in [1.54, 1.807) is 0 Å². The van der Waals surface area contributed by atoms with E-state index in [2.05, 4.69) is 15.3 Å². The highest BCUT2D eigenvalue weighted by Crippen LogP contribution is 2.27. The van der Waals surface area contributed by atoms with Crippen LogP contribution in [0, 0.1) is 6.92 Å². The number of nitrogens with zero attached hydrogens (tertiary/aromatic N) is 2. The molecular formula is C21H21N3O3. The van der Waals surface area contributed by atoms with Gasteiger partial charge in [0, 0.05) is 6.61 Å². The number of ether oxygens (including phenoxy) is 2. The molecule has 0 aliphatic carbocycles. The van der Waals surface area contributed by atoms with E-state index >= 15 is 0 Å². The molecule has 6 heteroatoms. The summed E-state index contributed by atoms with van der Waals surface area (Å²) in [7, 11) is 0. The van der Waals surface area contributed by atoms with E-state index < -0.39 is 0 Å². The second kappa shape index (κ2) is 7.72. The summed E-state index contributed by atoms with van der Waals surface area (Å²) < 4.78 is 11.5. The first-order chi connectivity index (χ1) is 13.2. The number of para-hydroxylation sites is 2. The summed E-state index contributed by atoms with van der Waals surface area (Å²) >= 11 is 0. The van der Waals surface area contributed by atoms with Crippen molar-refractivity contribution in [2.75, 3.05) is 18.5 Å². The average Bonchev–Trinajstić information content (AvgIpc) is 3.21. The van der Waals surface area contributed by atoms with Crippen molar-refractivity contribution in [3.8, 4) is 5.75 Å². The average molecular weight is 363 g/mol. The number of carbonyl (C=O) groups excluding carboxylic acids is 1. The first kappa shape index (κ1) is 17.4. The fraction of sp³-hybridized carbons (Fsp3) is 0.286. The third-order valence-electron chi connectivity index (χ3n) is 4.52. The van der Waals surface area contributed by atoms with Crippen LogP contribution in [0.15, 0.2) is 48.7 Å². The van der Waals surface area contributed by atoms with Crippen molar-refractivity contribution in [1.29, 1.82) is 0 Å². The van der Waals surface area contributed by atoms with Gasteiger partial charge < -0.3 is 14.8 Å². The van der Waals surface area contributed by atoms with E-state index in [-0.39, 0.29) is 17.7 Å². The number of carbonyl (C=O) groups is 1. The number of aryl methyl sites for hydroxylation is 1. The van der Waals surface area contributed by atoms with Crippen LogP contribution >= 0.6 is 0 Å². The van der Waals surface area contributed by atoms with Gasteiger partial charge in [-0.1, -0.05) is 18.2 Å². The van der Waals surface area contributed by atoms with Crippen molar-refractivity contribution in [3.05, 3.63) is 59.9 Å². The zero-order chi connectivity index (χ0) is 18.6. The van der Waals surface area contributed by atoms with Crippen molar-refractivity contribution in [2.45, 2.75) is 25.9 Å². The summed E-state index contributed by atoms with van der Waals surface area (Å²) in [5.41, 5.74) is 3.37. The molecule has 1 atom stereocenters. The lowest BCUT2D eigenvalue weighted by molar-refractivity contribution is 0.0681. The molecule has 3 aromatic rings. The minimum atomic E-state index is -0.320. The molecule has 1 aliphatic heterocycles. The molecule has 27 heavy (non-hydrogen) atoms.